The summed E-state index contributed by atoms with van der Waals surface area (Å²) in [4.78, 5) is 19.3. The predicted octanol–water partition coefficient (Wildman–Crippen LogP) is 1.68. The maximum Gasteiger partial charge on any atom is 0.263 e. The summed E-state index contributed by atoms with van der Waals surface area (Å²) in [7, 11) is 0. The maximum atomic E-state index is 12.2. The van der Waals surface area contributed by atoms with E-state index in [2.05, 4.69) is 31.3 Å². The van der Waals surface area contributed by atoms with Gasteiger partial charge in [0.2, 0.25) is 0 Å². The summed E-state index contributed by atoms with van der Waals surface area (Å²) in [5.74, 6) is 2.49. The second-order valence-electron chi connectivity index (χ2n) is 5.50. The molecule has 0 radical (unpaired) electrons. The Morgan fingerprint density at radius 3 is 2.91 bits per heavy atom. The van der Waals surface area contributed by atoms with Crippen LogP contribution in [0.2, 0.25) is 0 Å². The first-order chi connectivity index (χ1) is 11.2. The number of hydrogen-bond donors (Lipinski definition) is 1. The van der Waals surface area contributed by atoms with Gasteiger partial charge in [-0.05, 0) is 0 Å². The fourth-order valence-corrected chi connectivity index (χ4v) is 3.29. The zero-order chi connectivity index (χ0) is 16.1. The molecule has 2 aliphatic rings. The molecule has 0 saturated carbocycles. The molecule has 0 aliphatic carbocycles. The van der Waals surface area contributed by atoms with E-state index in [1.54, 1.807) is 6.20 Å². The highest BCUT2D eigenvalue weighted by Crippen LogP contribution is 2.36. The van der Waals surface area contributed by atoms with Gasteiger partial charge in [0.1, 0.15) is 4.88 Å². The number of carbonyl (C=O) groups excluding carboxylic acids is 1. The molecule has 0 unspecified atom stereocenters. The van der Waals surface area contributed by atoms with Gasteiger partial charge in [-0.1, -0.05) is 11.3 Å². The molecule has 1 N–H and O–H groups in total. The lowest BCUT2D eigenvalue weighted by Crippen LogP contribution is -2.36. The molecule has 0 atom stereocenters. The standard InChI is InChI=1S/C15H19N5O2S/c1-2-3-4-15(18-19-15)5-6-16-13(21)12-11-17-14(23-12)20-7-9-22-10-8-20/h1,11H,3-10H2,(H,16,21). The lowest BCUT2D eigenvalue weighted by molar-refractivity contribution is 0.0955. The van der Waals surface area contributed by atoms with Crippen molar-refractivity contribution < 1.29 is 9.53 Å². The minimum atomic E-state index is -0.355. The van der Waals surface area contributed by atoms with Crippen molar-refractivity contribution in [3.05, 3.63) is 11.1 Å². The zero-order valence-corrected chi connectivity index (χ0v) is 13.6. The molecule has 2 aliphatic heterocycles. The number of nitrogens with zero attached hydrogens (tertiary/aromatic N) is 4. The van der Waals surface area contributed by atoms with Gasteiger partial charge in [0.05, 0.1) is 19.4 Å². The fraction of sp³-hybridized carbons (Fsp3) is 0.600. The highest BCUT2D eigenvalue weighted by molar-refractivity contribution is 7.17. The third kappa shape index (κ3) is 4.06. The van der Waals surface area contributed by atoms with Gasteiger partial charge in [0.25, 0.3) is 5.91 Å². The van der Waals surface area contributed by atoms with Gasteiger partial charge in [-0.25, -0.2) is 4.98 Å². The van der Waals surface area contributed by atoms with Crippen LogP contribution in [0.15, 0.2) is 16.4 Å². The lowest BCUT2D eigenvalue weighted by Gasteiger charge is -2.25. The summed E-state index contributed by atoms with van der Waals surface area (Å²) in [6.07, 6.45) is 8.98. The van der Waals surface area contributed by atoms with Gasteiger partial charge in [-0.15, -0.1) is 12.3 Å². The molecule has 1 fully saturated rings. The fourth-order valence-electron chi connectivity index (χ4n) is 2.40. The van der Waals surface area contributed by atoms with E-state index in [0.717, 1.165) is 24.6 Å². The number of aromatic nitrogens is 1. The zero-order valence-electron chi connectivity index (χ0n) is 12.8. The van der Waals surface area contributed by atoms with E-state index in [4.69, 9.17) is 11.2 Å². The summed E-state index contributed by atoms with van der Waals surface area (Å²) >= 11 is 1.41. The monoisotopic (exact) mass is 333 g/mol. The van der Waals surface area contributed by atoms with Crippen LogP contribution in [0.3, 0.4) is 0 Å². The molecule has 122 valence electrons. The number of anilines is 1. The molecular formula is C15H19N5O2S. The number of ether oxygens (including phenoxy) is 1. The number of rotatable bonds is 7. The van der Waals surface area contributed by atoms with Crippen molar-refractivity contribution in [2.45, 2.75) is 24.9 Å². The van der Waals surface area contributed by atoms with Crippen LogP contribution in [0.25, 0.3) is 0 Å². The van der Waals surface area contributed by atoms with Crippen LogP contribution in [0.4, 0.5) is 5.13 Å². The average molecular weight is 333 g/mol. The number of amides is 1. The molecule has 7 nitrogen and oxygen atoms in total. The second kappa shape index (κ2) is 7.06. The Hall–Kier alpha value is -1.98. The molecule has 1 saturated heterocycles. The first-order valence-electron chi connectivity index (χ1n) is 7.67. The maximum absolute atomic E-state index is 12.2. The number of hydrogen-bond acceptors (Lipinski definition) is 7. The van der Waals surface area contributed by atoms with Crippen LogP contribution < -0.4 is 10.2 Å². The predicted molar refractivity (Wildman–Crippen MR) is 87.8 cm³/mol. The van der Waals surface area contributed by atoms with Crippen LogP contribution >= 0.6 is 11.3 Å². The summed E-state index contributed by atoms with van der Waals surface area (Å²) in [5.41, 5.74) is -0.355. The summed E-state index contributed by atoms with van der Waals surface area (Å²) in [6.45, 7) is 3.56. The second-order valence-corrected chi connectivity index (χ2v) is 6.51. The van der Waals surface area contributed by atoms with Gasteiger partial charge in [-0.3, -0.25) is 4.79 Å². The normalized spacial score (nSPS) is 18.5. The van der Waals surface area contributed by atoms with E-state index in [1.165, 1.54) is 11.3 Å². The summed E-state index contributed by atoms with van der Waals surface area (Å²) in [6, 6.07) is 0. The largest absolute Gasteiger partial charge is 0.378 e. The summed E-state index contributed by atoms with van der Waals surface area (Å²) < 4.78 is 5.32. The molecule has 1 amide bonds. The molecular weight excluding hydrogens is 314 g/mol. The molecule has 0 spiro atoms. The Morgan fingerprint density at radius 1 is 1.43 bits per heavy atom. The number of thiazole rings is 1. The number of terminal acetylenes is 1. The first kappa shape index (κ1) is 15.9. The van der Waals surface area contributed by atoms with Crippen LogP contribution in [0, 0.1) is 12.3 Å². The number of morpholine rings is 1. The number of carbonyl (C=O) groups is 1. The topological polar surface area (TPSA) is 79.2 Å². The Bertz CT molecular complexity index is 624. The van der Waals surface area contributed by atoms with Crippen molar-refractivity contribution in [2.75, 3.05) is 37.7 Å². The highest BCUT2D eigenvalue weighted by Gasteiger charge is 2.38. The quantitative estimate of drug-likeness (QED) is 0.770. The van der Waals surface area contributed by atoms with Gasteiger partial charge in [0, 0.05) is 38.9 Å². The molecule has 1 aromatic rings. The van der Waals surface area contributed by atoms with Crippen molar-refractivity contribution >= 4 is 22.4 Å². The minimum Gasteiger partial charge on any atom is -0.378 e. The Balaban J connectivity index is 1.45. The SMILES string of the molecule is C#CCCC1(CCNC(=O)c2cnc(N3CCOCC3)s2)N=N1. The van der Waals surface area contributed by atoms with E-state index in [9.17, 15) is 4.79 Å². The van der Waals surface area contributed by atoms with E-state index in [1.807, 2.05) is 0 Å². The van der Waals surface area contributed by atoms with E-state index in [0.29, 0.717) is 37.5 Å². The third-order valence-corrected chi connectivity index (χ3v) is 4.92. The molecule has 0 aromatic carbocycles. The number of nitrogens with one attached hydrogen (secondary N) is 1. The molecule has 23 heavy (non-hydrogen) atoms. The van der Waals surface area contributed by atoms with Crippen molar-refractivity contribution in [1.82, 2.24) is 10.3 Å². The molecule has 3 rings (SSSR count). The Labute approximate surface area is 139 Å². The van der Waals surface area contributed by atoms with Crippen LogP contribution in [0.1, 0.15) is 28.9 Å². The van der Waals surface area contributed by atoms with E-state index < -0.39 is 0 Å². The molecule has 0 bridgehead atoms. The average Bonchev–Trinajstić information content (AvgIpc) is 3.17. The molecule has 8 heteroatoms. The molecule has 1 aromatic heterocycles. The van der Waals surface area contributed by atoms with Crippen LogP contribution in [-0.2, 0) is 4.74 Å². The van der Waals surface area contributed by atoms with Crippen molar-refractivity contribution in [3.8, 4) is 12.3 Å². The Kier molecular flexibility index (Phi) is 4.88. The van der Waals surface area contributed by atoms with Gasteiger partial charge in [-0.2, -0.15) is 10.2 Å². The first-order valence-corrected chi connectivity index (χ1v) is 8.48. The van der Waals surface area contributed by atoms with Gasteiger partial charge in [0.15, 0.2) is 10.8 Å². The van der Waals surface area contributed by atoms with E-state index in [-0.39, 0.29) is 11.6 Å². The minimum absolute atomic E-state index is 0.102. The third-order valence-electron chi connectivity index (χ3n) is 3.86. The van der Waals surface area contributed by atoms with Crippen molar-refractivity contribution in [1.29, 1.82) is 0 Å². The van der Waals surface area contributed by atoms with Crippen molar-refractivity contribution in [3.63, 3.8) is 0 Å². The Morgan fingerprint density at radius 2 is 2.22 bits per heavy atom. The highest BCUT2D eigenvalue weighted by atomic mass is 32.1. The smallest absolute Gasteiger partial charge is 0.263 e. The van der Waals surface area contributed by atoms with E-state index >= 15 is 0 Å². The van der Waals surface area contributed by atoms with Crippen molar-refractivity contribution in [2.24, 2.45) is 10.2 Å². The van der Waals surface area contributed by atoms with Crippen LogP contribution in [0.5, 0.6) is 0 Å². The summed E-state index contributed by atoms with van der Waals surface area (Å²) in [5, 5.41) is 11.9. The lowest BCUT2D eigenvalue weighted by atomic mass is 10.0. The van der Waals surface area contributed by atoms with Gasteiger partial charge < -0.3 is 15.0 Å². The van der Waals surface area contributed by atoms with Crippen LogP contribution in [-0.4, -0.2) is 49.4 Å². The van der Waals surface area contributed by atoms with Gasteiger partial charge >= 0.3 is 0 Å². The molecule has 3 heterocycles.